The molecule has 3 aromatic rings. The number of aromatic nitrogens is 2. The molecule has 0 amide bonds. The predicted molar refractivity (Wildman–Crippen MR) is 112 cm³/mol. The van der Waals surface area contributed by atoms with E-state index in [4.69, 9.17) is 21.3 Å². The number of ether oxygens (including phenoxy) is 1. The van der Waals surface area contributed by atoms with Crippen molar-refractivity contribution in [3.63, 3.8) is 0 Å². The van der Waals surface area contributed by atoms with Crippen molar-refractivity contribution in [1.29, 1.82) is 0 Å². The summed E-state index contributed by atoms with van der Waals surface area (Å²) in [5, 5.41) is 0.643. The number of carbonyl (C=O) groups is 1. The molecule has 1 saturated carbocycles. The van der Waals surface area contributed by atoms with Crippen molar-refractivity contribution in [2.75, 3.05) is 7.11 Å². The van der Waals surface area contributed by atoms with Gasteiger partial charge in [0, 0.05) is 23.0 Å². The monoisotopic (exact) mass is 474 g/mol. The quantitative estimate of drug-likeness (QED) is 0.442. The Morgan fingerprint density at radius 2 is 2.10 bits per heavy atom. The number of imidazole rings is 1. The Labute approximate surface area is 180 Å². The number of benzene rings is 2. The zero-order valence-corrected chi connectivity index (χ0v) is 17.9. The van der Waals surface area contributed by atoms with E-state index < -0.39 is 5.97 Å². The van der Waals surface area contributed by atoms with Gasteiger partial charge in [-0.05, 0) is 64.0 Å². The highest BCUT2D eigenvalue weighted by molar-refractivity contribution is 9.10. The highest BCUT2D eigenvalue weighted by atomic mass is 79.9. The molecule has 29 heavy (non-hydrogen) atoms. The van der Waals surface area contributed by atoms with Gasteiger partial charge in [-0.25, -0.2) is 14.2 Å². The Morgan fingerprint density at radius 1 is 1.34 bits per heavy atom. The fourth-order valence-corrected chi connectivity index (χ4v) is 4.99. The lowest BCUT2D eigenvalue weighted by atomic mass is 9.75. The molecule has 1 aromatic heterocycles. The lowest BCUT2D eigenvalue weighted by molar-refractivity contribution is 0.0593. The third-order valence-electron chi connectivity index (χ3n) is 5.96. The van der Waals surface area contributed by atoms with Crippen LogP contribution in [0.25, 0.3) is 11.4 Å². The van der Waals surface area contributed by atoms with Crippen molar-refractivity contribution in [3.05, 3.63) is 74.2 Å². The number of hydrogen-bond acceptors (Lipinski definition) is 3. The molecule has 7 heteroatoms. The summed E-state index contributed by atoms with van der Waals surface area (Å²) in [5.74, 6) is 0.227. The Morgan fingerprint density at radius 3 is 2.83 bits per heavy atom. The summed E-state index contributed by atoms with van der Waals surface area (Å²) in [7, 11) is 1.35. The molecule has 2 aliphatic heterocycles. The smallest absolute Gasteiger partial charge is 0.358 e. The molecule has 0 saturated heterocycles. The third-order valence-corrected chi connectivity index (χ3v) is 6.93. The number of methoxy groups -OCH3 is 1. The predicted octanol–water partition coefficient (Wildman–Crippen LogP) is 5.91. The summed E-state index contributed by atoms with van der Waals surface area (Å²) >= 11 is 9.69. The van der Waals surface area contributed by atoms with Gasteiger partial charge in [-0.15, -0.1) is 0 Å². The Hall–Kier alpha value is -2.18. The molecule has 4 nitrogen and oxygen atoms in total. The van der Waals surface area contributed by atoms with Gasteiger partial charge >= 0.3 is 5.97 Å². The molecule has 0 unspecified atom stereocenters. The van der Waals surface area contributed by atoms with Gasteiger partial charge in [0.1, 0.15) is 11.6 Å². The van der Waals surface area contributed by atoms with E-state index >= 15 is 0 Å². The highest BCUT2D eigenvalue weighted by Gasteiger charge is 2.41. The van der Waals surface area contributed by atoms with Gasteiger partial charge in [-0.2, -0.15) is 0 Å². The van der Waals surface area contributed by atoms with E-state index in [0.29, 0.717) is 33.4 Å². The van der Waals surface area contributed by atoms with Gasteiger partial charge in [0.05, 0.1) is 17.3 Å². The van der Waals surface area contributed by atoms with E-state index in [0.717, 1.165) is 35.2 Å². The largest absolute Gasteiger partial charge is 0.464 e. The molecular weight excluding hydrogens is 459 g/mol. The molecule has 148 valence electrons. The van der Waals surface area contributed by atoms with Gasteiger partial charge in [0.15, 0.2) is 5.69 Å². The van der Waals surface area contributed by atoms with E-state index in [1.807, 2.05) is 24.3 Å². The highest BCUT2D eigenvalue weighted by Crippen LogP contribution is 2.53. The second kappa shape index (κ2) is 6.96. The van der Waals surface area contributed by atoms with E-state index in [1.54, 1.807) is 12.1 Å². The van der Waals surface area contributed by atoms with Crippen LogP contribution in [0.5, 0.6) is 0 Å². The SMILES string of the molecule is COC(=O)c1nc2n(c1Cc1ccccc1Cl)C1CC(C1)c1cc(F)c(Br)cc1-2. The molecule has 3 aliphatic rings. The van der Waals surface area contributed by atoms with Crippen molar-refractivity contribution in [2.24, 2.45) is 0 Å². The Kier molecular flexibility index (Phi) is 4.51. The zero-order valence-electron chi connectivity index (χ0n) is 15.6. The number of rotatable bonds is 3. The van der Waals surface area contributed by atoms with Crippen LogP contribution < -0.4 is 0 Å². The van der Waals surface area contributed by atoms with Crippen LogP contribution in [0, 0.1) is 5.82 Å². The van der Waals surface area contributed by atoms with Crippen LogP contribution in [0.3, 0.4) is 0 Å². The summed E-state index contributed by atoms with van der Waals surface area (Å²) in [6, 6.07) is 11.2. The maximum absolute atomic E-state index is 14.2. The second-order valence-electron chi connectivity index (χ2n) is 7.54. The first-order chi connectivity index (χ1) is 14.0. The number of hydrogen-bond donors (Lipinski definition) is 0. The van der Waals surface area contributed by atoms with Gasteiger partial charge in [0.2, 0.25) is 0 Å². The van der Waals surface area contributed by atoms with Crippen molar-refractivity contribution in [3.8, 4) is 11.4 Å². The zero-order chi connectivity index (χ0) is 20.3. The molecule has 2 bridgehead atoms. The second-order valence-corrected chi connectivity index (χ2v) is 8.80. The number of halogens is 3. The van der Waals surface area contributed by atoms with E-state index in [1.165, 1.54) is 7.11 Å². The first kappa shape index (κ1) is 18.8. The van der Waals surface area contributed by atoms with Crippen molar-refractivity contribution in [2.45, 2.75) is 31.2 Å². The van der Waals surface area contributed by atoms with E-state index in [9.17, 15) is 9.18 Å². The minimum atomic E-state index is -0.480. The van der Waals surface area contributed by atoms with Crippen LogP contribution in [0.15, 0.2) is 40.9 Å². The topological polar surface area (TPSA) is 44.1 Å². The Balaban J connectivity index is 1.75. The van der Waals surface area contributed by atoms with Gasteiger partial charge in [0.25, 0.3) is 0 Å². The lowest BCUT2D eigenvalue weighted by Crippen LogP contribution is -2.25. The molecule has 1 aliphatic carbocycles. The summed E-state index contributed by atoms with van der Waals surface area (Å²) in [5.41, 5.74) is 3.81. The first-order valence-corrected chi connectivity index (χ1v) is 10.6. The molecule has 2 aromatic carbocycles. The average molecular weight is 476 g/mol. The van der Waals surface area contributed by atoms with Crippen molar-refractivity contribution in [1.82, 2.24) is 9.55 Å². The maximum Gasteiger partial charge on any atom is 0.358 e. The third kappa shape index (κ3) is 2.92. The van der Waals surface area contributed by atoms with Crippen LogP contribution in [-0.2, 0) is 11.2 Å². The Bertz CT molecular complexity index is 1150. The van der Waals surface area contributed by atoms with E-state index in [-0.39, 0.29) is 11.9 Å². The molecule has 0 N–H and O–H groups in total. The fourth-order valence-electron chi connectivity index (χ4n) is 4.45. The number of nitrogens with zero attached hydrogens (tertiary/aromatic N) is 2. The van der Waals surface area contributed by atoms with Crippen LogP contribution in [0.4, 0.5) is 4.39 Å². The van der Waals surface area contributed by atoms with Gasteiger partial charge < -0.3 is 9.30 Å². The molecule has 1 fully saturated rings. The van der Waals surface area contributed by atoms with Crippen LogP contribution in [-0.4, -0.2) is 22.6 Å². The molecule has 6 rings (SSSR count). The number of esters is 1. The van der Waals surface area contributed by atoms with Crippen LogP contribution in [0.2, 0.25) is 5.02 Å². The molecule has 0 spiro atoms. The lowest BCUT2D eigenvalue weighted by Gasteiger charge is -2.35. The first-order valence-electron chi connectivity index (χ1n) is 9.40. The average Bonchev–Trinajstić information content (AvgIpc) is 2.91. The summed E-state index contributed by atoms with van der Waals surface area (Å²) in [6.07, 6.45) is 2.26. The molecular formula is C22H17BrClFN2O2. The normalized spacial score (nSPS) is 19.0. The summed E-state index contributed by atoms with van der Waals surface area (Å²) < 4.78 is 21.8. The standard InChI is InChI=1S/C22H17BrClFN2O2/c1-29-22(28)20-19(8-11-4-2-3-5-17(11)24)27-13-6-12(7-13)14-10-18(25)16(23)9-15(14)21(27)26-20/h2-5,9-10,12-13H,6-8H2,1H3. The van der Waals surface area contributed by atoms with E-state index in [2.05, 4.69) is 20.5 Å². The van der Waals surface area contributed by atoms with Crippen molar-refractivity contribution >= 4 is 33.5 Å². The van der Waals surface area contributed by atoms with Crippen LogP contribution >= 0.6 is 27.5 Å². The van der Waals surface area contributed by atoms with Crippen LogP contribution in [0.1, 0.15) is 52.1 Å². The summed E-state index contributed by atoms with van der Waals surface area (Å²) in [6.45, 7) is 0. The van der Waals surface area contributed by atoms with Gasteiger partial charge in [-0.1, -0.05) is 29.8 Å². The minimum absolute atomic E-state index is 0.215. The maximum atomic E-state index is 14.2. The summed E-state index contributed by atoms with van der Waals surface area (Å²) in [4.78, 5) is 17.3. The van der Waals surface area contributed by atoms with Gasteiger partial charge in [-0.3, -0.25) is 0 Å². The minimum Gasteiger partial charge on any atom is -0.464 e. The number of carbonyl (C=O) groups excluding carboxylic acids is 1. The van der Waals surface area contributed by atoms with Crippen molar-refractivity contribution < 1.29 is 13.9 Å². The fraction of sp³-hybridized carbons (Fsp3) is 0.273. The molecule has 0 radical (unpaired) electrons. The molecule has 0 atom stereocenters. The molecule has 3 heterocycles.